The van der Waals surface area contributed by atoms with Crippen LogP contribution in [0.4, 0.5) is 0 Å². The fourth-order valence-electron chi connectivity index (χ4n) is 1.57. The second-order valence-corrected chi connectivity index (χ2v) is 5.31. The average molecular weight is 307 g/mol. The van der Waals surface area contributed by atoms with Gasteiger partial charge in [0.1, 0.15) is 11.0 Å². The van der Waals surface area contributed by atoms with Crippen molar-refractivity contribution in [3.8, 4) is 5.75 Å². The van der Waals surface area contributed by atoms with Gasteiger partial charge in [0.15, 0.2) is 5.17 Å². The van der Waals surface area contributed by atoms with Crippen molar-refractivity contribution in [1.29, 1.82) is 0 Å². The van der Waals surface area contributed by atoms with Gasteiger partial charge in [-0.25, -0.2) is 0 Å². The first-order valence-electron chi connectivity index (χ1n) is 6.03. The Morgan fingerprint density at radius 2 is 2.19 bits per heavy atom. The zero-order valence-electron chi connectivity index (χ0n) is 11.1. The van der Waals surface area contributed by atoms with Crippen LogP contribution in [0.3, 0.4) is 0 Å². The fraction of sp³-hybridized carbons (Fsp3) is 0.231. The van der Waals surface area contributed by atoms with E-state index in [1.165, 1.54) is 6.21 Å². The number of benzene rings is 1. The maximum atomic E-state index is 11.4. The lowest BCUT2D eigenvalue weighted by molar-refractivity contribution is -0.138. The predicted molar refractivity (Wildman–Crippen MR) is 79.8 cm³/mol. The molecule has 2 rings (SSSR count). The lowest BCUT2D eigenvalue weighted by atomic mass is 10.2. The van der Waals surface area contributed by atoms with Gasteiger partial charge in [-0.15, -0.1) is 5.10 Å². The van der Waals surface area contributed by atoms with Gasteiger partial charge in [-0.2, -0.15) is 5.10 Å². The summed E-state index contributed by atoms with van der Waals surface area (Å²) in [5.74, 6) is -0.681. The summed E-state index contributed by atoms with van der Waals surface area (Å²) in [5, 5.41) is 18.4. The van der Waals surface area contributed by atoms with Crippen LogP contribution in [-0.2, 0) is 9.59 Å². The van der Waals surface area contributed by atoms with Gasteiger partial charge in [0.25, 0.3) is 0 Å². The summed E-state index contributed by atoms with van der Waals surface area (Å²) in [6.45, 7) is 0. The van der Waals surface area contributed by atoms with Gasteiger partial charge in [0.2, 0.25) is 5.91 Å². The first kappa shape index (κ1) is 15.0. The van der Waals surface area contributed by atoms with Gasteiger partial charge >= 0.3 is 5.97 Å². The third-order valence-electron chi connectivity index (χ3n) is 2.62. The van der Waals surface area contributed by atoms with E-state index in [0.29, 0.717) is 0 Å². The minimum absolute atomic E-state index is 0.0682. The van der Waals surface area contributed by atoms with Gasteiger partial charge in [-0.3, -0.25) is 9.59 Å². The molecule has 7 nitrogen and oxygen atoms in total. The predicted octanol–water partition coefficient (Wildman–Crippen LogP) is 1.09. The SMILES string of the molecule is COc1ccc(/C=N\N=C2/NC(=O)C[C@@H](C(=O)O)S2)cc1. The number of methoxy groups -OCH3 is 1. The Kier molecular flexibility index (Phi) is 4.94. The standard InChI is InChI=1S/C13H13N3O4S/c1-20-9-4-2-8(3-5-9)7-14-16-13-15-11(17)6-10(21-13)12(18)19/h2-5,7,10H,6H2,1H3,(H,18,19)(H,15,16,17)/b14-7-/t10-/m0/s1. The molecule has 1 aromatic rings. The lowest BCUT2D eigenvalue weighted by Gasteiger charge is -2.18. The highest BCUT2D eigenvalue weighted by Gasteiger charge is 2.29. The maximum absolute atomic E-state index is 11.4. The number of carboxylic acids is 1. The monoisotopic (exact) mass is 307 g/mol. The third kappa shape index (κ3) is 4.32. The van der Waals surface area contributed by atoms with E-state index in [1.54, 1.807) is 31.4 Å². The summed E-state index contributed by atoms with van der Waals surface area (Å²) in [4.78, 5) is 22.3. The van der Waals surface area contributed by atoms with Crippen LogP contribution in [0.25, 0.3) is 0 Å². The molecule has 1 aliphatic rings. The summed E-state index contributed by atoms with van der Waals surface area (Å²) >= 11 is 0.969. The summed E-state index contributed by atoms with van der Waals surface area (Å²) < 4.78 is 5.04. The van der Waals surface area contributed by atoms with Crippen LogP contribution in [0, 0.1) is 0 Å². The molecule has 1 atom stereocenters. The number of amides is 1. The van der Waals surface area contributed by atoms with E-state index in [0.717, 1.165) is 23.1 Å². The smallest absolute Gasteiger partial charge is 0.317 e. The second kappa shape index (κ2) is 6.89. The highest BCUT2D eigenvalue weighted by atomic mass is 32.2. The quantitative estimate of drug-likeness (QED) is 0.640. The van der Waals surface area contributed by atoms with Crippen molar-refractivity contribution < 1.29 is 19.4 Å². The van der Waals surface area contributed by atoms with Crippen molar-refractivity contribution >= 4 is 35.0 Å². The molecule has 0 aliphatic carbocycles. The zero-order chi connectivity index (χ0) is 15.2. The highest BCUT2D eigenvalue weighted by molar-refractivity contribution is 8.15. The van der Waals surface area contributed by atoms with Gasteiger partial charge in [0.05, 0.1) is 13.3 Å². The minimum atomic E-state index is -1.04. The number of aliphatic carboxylic acids is 1. The molecule has 2 N–H and O–H groups in total. The van der Waals surface area contributed by atoms with Crippen molar-refractivity contribution in [2.75, 3.05) is 7.11 Å². The Morgan fingerprint density at radius 1 is 1.48 bits per heavy atom. The van der Waals surface area contributed by atoms with Crippen molar-refractivity contribution in [1.82, 2.24) is 5.32 Å². The normalized spacial score (nSPS) is 20.5. The number of hydrogen-bond acceptors (Lipinski definition) is 6. The van der Waals surface area contributed by atoms with E-state index < -0.39 is 11.2 Å². The number of carbonyl (C=O) groups is 2. The van der Waals surface area contributed by atoms with E-state index in [-0.39, 0.29) is 17.5 Å². The van der Waals surface area contributed by atoms with Crippen molar-refractivity contribution in [3.05, 3.63) is 29.8 Å². The number of amidine groups is 1. The van der Waals surface area contributed by atoms with Gasteiger partial charge in [0, 0.05) is 6.42 Å². The number of carboxylic acid groups (broad SMARTS) is 1. The average Bonchev–Trinajstić information content (AvgIpc) is 2.47. The van der Waals surface area contributed by atoms with Crippen molar-refractivity contribution in [2.24, 2.45) is 10.2 Å². The Hall–Kier alpha value is -2.35. The summed E-state index contributed by atoms with van der Waals surface area (Å²) in [6, 6.07) is 7.17. The number of hydrogen-bond donors (Lipinski definition) is 2. The van der Waals surface area contributed by atoms with E-state index in [9.17, 15) is 9.59 Å². The molecule has 1 amide bonds. The number of carbonyl (C=O) groups excluding carboxylic acids is 1. The van der Waals surface area contributed by atoms with E-state index in [2.05, 4.69) is 15.5 Å². The molecule has 1 fully saturated rings. The molecule has 0 unspecified atom stereocenters. The first-order valence-corrected chi connectivity index (χ1v) is 6.91. The van der Waals surface area contributed by atoms with Gasteiger partial charge in [-0.1, -0.05) is 11.8 Å². The zero-order valence-corrected chi connectivity index (χ0v) is 12.0. The van der Waals surface area contributed by atoms with Crippen LogP contribution < -0.4 is 10.1 Å². The maximum Gasteiger partial charge on any atom is 0.317 e. The molecule has 0 spiro atoms. The van der Waals surface area contributed by atoms with E-state index in [4.69, 9.17) is 9.84 Å². The summed E-state index contributed by atoms with van der Waals surface area (Å²) in [7, 11) is 1.58. The van der Waals surface area contributed by atoms with Crippen LogP contribution >= 0.6 is 11.8 Å². The Balaban J connectivity index is 2.03. The Morgan fingerprint density at radius 3 is 2.81 bits per heavy atom. The molecule has 0 aromatic heterocycles. The molecule has 1 saturated heterocycles. The third-order valence-corrected chi connectivity index (χ3v) is 3.68. The lowest BCUT2D eigenvalue weighted by Crippen LogP contribution is -2.40. The molecule has 110 valence electrons. The highest BCUT2D eigenvalue weighted by Crippen LogP contribution is 2.20. The van der Waals surface area contributed by atoms with Crippen LogP contribution in [0.15, 0.2) is 34.5 Å². The number of rotatable bonds is 4. The molecule has 21 heavy (non-hydrogen) atoms. The van der Waals surface area contributed by atoms with Gasteiger partial charge < -0.3 is 15.2 Å². The van der Waals surface area contributed by atoms with Crippen LogP contribution in [0.2, 0.25) is 0 Å². The molecule has 0 saturated carbocycles. The van der Waals surface area contributed by atoms with Crippen molar-refractivity contribution in [2.45, 2.75) is 11.7 Å². The molecule has 0 bridgehead atoms. The number of thioether (sulfide) groups is 1. The minimum Gasteiger partial charge on any atom is -0.497 e. The van der Waals surface area contributed by atoms with E-state index >= 15 is 0 Å². The topological polar surface area (TPSA) is 100 Å². The Labute approximate surface area is 125 Å². The van der Waals surface area contributed by atoms with Gasteiger partial charge in [-0.05, 0) is 29.8 Å². The number of ether oxygens (including phenoxy) is 1. The number of nitrogens with one attached hydrogen (secondary N) is 1. The molecule has 0 radical (unpaired) electrons. The van der Waals surface area contributed by atoms with Crippen molar-refractivity contribution in [3.63, 3.8) is 0 Å². The molecule has 8 heteroatoms. The molecular weight excluding hydrogens is 294 g/mol. The number of nitrogens with zero attached hydrogens (tertiary/aromatic N) is 2. The van der Waals surface area contributed by atoms with Crippen LogP contribution in [0.1, 0.15) is 12.0 Å². The first-order chi connectivity index (χ1) is 10.1. The van der Waals surface area contributed by atoms with E-state index in [1.807, 2.05) is 0 Å². The summed E-state index contributed by atoms with van der Waals surface area (Å²) in [5.41, 5.74) is 0.807. The van der Waals surface area contributed by atoms with Crippen LogP contribution in [-0.4, -0.2) is 40.7 Å². The second-order valence-electron chi connectivity index (χ2n) is 4.12. The summed E-state index contributed by atoms with van der Waals surface area (Å²) in [6.07, 6.45) is 1.44. The molecular formula is C13H13N3O4S. The molecule has 1 heterocycles. The molecule has 1 aromatic carbocycles. The molecule has 1 aliphatic heterocycles. The largest absolute Gasteiger partial charge is 0.497 e. The Bertz CT molecular complexity index is 598. The van der Waals surface area contributed by atoms with Crippen LogP contribution in [0.5, 0.6) is 5.75 Å². The fourth-order valence-corrected chi connectivity index (χ4v) is 2.44.